The lowest BCUT2D eigenvalue weighted by molar-refractivity contribution is 0.670. The van der Waals surface area contributed by atoms with Gasteiger partial charge < -0.3 is 9.32 Å². The summed E-state index contributed by atoms with van der Waals surface area (Å²) >= 11 is 1.85. The zero-order chi connectivity index (χ0) is 40.3. The first-order valence-corrected chi connectivity index (χ1v) is 21.5. The molecule has 0 saturated carbocycles. The Morgan fingerprint density at radius 2 is 0.852 bits per heavy atom. The van der Waals surface area contributed by atoms with Crippen LogP contribution in [0.3, 0.4) is 0 Å². The number of fused-ring (bicyclic) bond motifs is 7. The van der Waals surface area contributed by atoms with Crippen molar-refractivity contribution in [3.8, 4) is 44.5 Å². The van der Waals surface area contributed by atoms with Crippen LogP contribution in [0.5, 0.6) is 0 Å². The summed E-state index contributed by atoms with van der Waals surface area (Å²) in [6.07, 6.45) is 0. The number of thiophene rings is 1. The maximum Gasteiger partial charge on any atom is 0.143 e. The van der Waals surface area contributed by atoms with Crippen LogP contribution in [0, 0.1) is 0 Å². The quantitative estimate of drug-likeness (QED) is 0.160. The van der Waals surface area contributed by atoms with E-state index >= 15 is 0 Å². The van der Waals surface area contributed by atoms with E-state index < -0.39 is 0 Å². The number of para-hydroxylation sites is 2. The van der Waals surface area contributed by atoms with Crippen LogP contribution in [-0.4, -0.2) is 0 Å². The molecule has 0 unspecified atom stereocenters. The van der Waals surface area contributed by atoms with E-state index in [0.29, 0.717) is 0 Å². The van der Waals surface area contributed by atoms with Gasteiger partial charge in [0.15, 0.2) is 0 Å². The summed E-state index contributed by atoms with van der Waals surface area (Å²) in [5.74, 6) is 0. The fourth-order valence-corrected chi connectivity index (χ4v) is 10.1. The minimum Gasteiger partial charge on any atom is -0.455 e. The Hall–Kier alpha value is -7.72. The fourth-order valence-electron chi connectivity index (χ4n) is 8.99. The normalized spacial score (nSPS) is 11.6. The summed E-state index contributed by atoms with van der Waals surface area (Å²) in [5, 5.41) is 7.34. The largest absolute Gasteiger partial charge is 0.455 e. The van der Waals surface area contributed by atoms with Crippen LogP contribution < -0.4 is 4.90 Å². The molecule has 10 aromatic carbocycles. The van der Waals surface area contributed by atoms with Crippen LogP contribution in [0.25, 0.3) is 97.4 Å². The standard InChI is InChI=1S/C58H37NOS/c1-2-11-41-35-46(23-22-38(41)10-1)45-15-8-14-44(36-45)43-13-7-12-42(34-43)39-24-28-47(29-25-39)59(49-32-33-57-54(37-49)52-17-4-6-21-56(52)61-57)48-30-26-40(27-31-48)50-18-9-19-53-51-16-3-5-20-55(51)60-58(50)53/h1-37H. The van der Waals surface area contributed by atoms with Crippen molar-refractivity contribution >= 4 is 81.3 Å². The van der Waals surface area contributed by atoms with Crippen molar-refractivity contribution in [3.05, 3.63) is 224 Å². The second-order valence-electron chi connectivity index (χ2n) is 15.7. The number of nitrogens with zero attached hydrogens (tertiary/aromatic N) is 1. The van der Waals surface area contributed by atoms with Gasteiger partial charge in [0.1, 0.15) is 11.2 Å². The average molecular weight is 796 g/mol. The molecule has 2 aromatic heterocycles. The lowest BCUT2D eigenvalue weighted by Gasteiger charge is -2.26. The van der Waals surface area contributed by atoms with Crippen molar-refractivity contribution in [1.29, 1.82) is 0 Å². The zero-order valence-corrected chi connectivity index (χ0v) is 33.9. The maximum absolute atomic E-state index is 6.43. The third-order valence-electron chi connectivity index (χ3n) is 12.1. The van der Waals surface area contributed by atoms with Gasteiger partial charge in [-0.15, -0.1) is 11.3 Å². The van der Waals surface area contributed by atoms with E-state index in [1.807, 2.05) is 23.5 Å². The van der Waals surface area contributed by atoms with Crippen LogP contribution >= 0.6 is 11.3 Å². The highest BCUT2D eigenvalue weighted by atomic mass is 32.1. The van der Waals surface area contributed by atoms with Gasteiger partial charge in [0.25, 0.3) is 0 Å². The highest BCUT2D eigenvalue weighted by Gasteiger charge is 2.17. The molecule has 0 N–H and O–H groups in total. The van der Waals surface area contributed by atoms with Crippen LogP contribution in [0.4, 0.5) is 17.1 Å². The lowest BCUT2D eigenvalue weighted by atomic mass is 9.95. The monoisotopic (exact) mass is 795 g/mol. The number of anilines is 3. The molecule has 0 saturated heterocycles. The third-order valence-corrected chi connectivity index (χ3v) is 13.2. The van der Waals surface area contributed by atoms with E-state index in [2.05, 4.69) is 217 Å². The van der Waals surface area contributed by atoms with Crippen LogP contribution in [-0.2, 0) is 0 Å². The minimum absolute atomic E-state index is 0.908. The molecule has 12 aromatic rings. The predicted molar refractivity (Wildman–Crippen MR) is 261 cm³/mol. The number of rotatable bonds is 7. The van der Waals surface area contributed by atoms with Gasteiger partial charge in [0.05, 0.1) is 0 Å². The van der Waals surface area contributed by atoms with Gasteiger partial charge in [-0.1, -0.05) is 152 Å². The molecule has 0 fully saturated rings. The van der Waals surface area contributed by atoms with Gasteiger partial charge in [-0.3, -0.25) is 0 Å². The topological polar surface area (TPSA) is 16.4 Å². The highest BCUT2D eigenvalue weighted by molar-refractivity contribution is 7.25. The Kier molecular flexibility index (Phi) is 8.39. The summed E-state index contributed by atoms with van der Waals surface area (Å²) in [4.78, 5) is 2.37. The Morgan fingerprint density at radius 3 is 1.61 bits per heavy atom. The van der Waals surface area contributed by atoms with Crippen molar-refractivity contribution in [2.75, 3.05) is 4.90 Å². The molecule has 0 aliphatic carbocycles. The SMILES string of the molecule is c1cc(-c2ccc(N(c3ccc(-c4cccc5c4oc4ccccc45)cc3)c3ccc4sc5ccccc5c4c3)cc2)cc(-c2cccc(-c3ccc4ccccc4c3)c2)c1. The summed E-state index contributed by atoms with van der Waals surface area (Å²) in [7, 11) is 0. The summed E-state index contributed by atoms with van der Waals surface area (Å²) < 4.78 is 9.02. The van der Waals surface area contributed by atoms with Crippen LogP contribution in [0.2, 0.25) is 0 Å². The molecule has 0 aliphatic rings. The van der Waals surface area contributed by atoms with Crippen molar-refractivity contribution in [3.63, 3.8) is 0 Å². The number of hydrogen-bond donors (Lipinski definition) is 0. The molecule has 286 valence electrons. The highest BCUT2D eigenvalue weighted by Crippen LogP contribution is 2.43. The van der Waals surface area contributed by atoms with Gasteiger partial charge in [-0.05, 0) is 123 Å². The molecule has 0 atom stereocenters. The van der Waals surface area contributed by atoms with E-state index in [4.69, 9.17) is 4.42 Å². The molecule has 0 radical (unpaired) electrons. The molecule has 0 amide bonds. The average Bonchev–Trinajstić information content (AvgIpc) is 3.90. The van der Waals surface area contributed by atoms with Gasteiger partial charge in [0.2, 0.25) is 0 Å². The lowest BCUT2D eigenvalue weighted by Crippen LogP contribution is -2.09. The van der Waals surface area contributed by atoms with Crippen molar-refractivity contribution < 1.29 is 4.42 Å². The Balaban J connectivity index is 0.908. The maximum atomic E-state index is 6.43. The van der Waals surface area contributed by atoms with E-state index in [-0.39, 0.29) is 0 Å². The first kappa shape index (κ1) is 35.2. The van der Waals surface area contributed by atoms with Crippen molar-refractivity contribution in [1.82, 2.24) is 0 Å². The third kappa shape index (κ3) is 6.26. The Labute approximate surface area is 357 Å². The zero-order valence-electron chi connectivity index (χ0n) is 33.1. The Morgan fingerprint density at radius 1 is 0.311 bits per heavy atom. The summed E-state index contributed by atoms with van der Waals surface area (Å²) in [6.45, 7) is 0. The fraction of sp³-hybridized carbons (Fsp3) is 0. The Bertz CT molecular complexity index is 3590. The van der Waals surface area contributed by atoms with Crippen molar-refractivity contribution in [2.24, 2.45) is 0 Å². The second kappa shape index (κ2) is 14.5. The molecule has 12 rings (SSSR count). The van der Waals surface area contributed by atoms with Crippen LogP contribution in [0.1, 0.15) is 0 Å². The molecular weight excluding hydrogens is 759 g/mol. The molecule has 61 heavy (non-hydrogen) atoms. The second-order valence-corrected chi connectivity index (χ2v) is 16.8. The molecule has 3 heteroatoms. The van der Waals surface area contributed by atoms with Gasteiger partial charge in [0, 0.05) is 53.6 Å². The summed E-state index contributed by atoms with van der Waals surface area (Å²) in [5.41, 5.74) is 14.5. The number of hydrogen-bond acceptors (Lipinski definition) is 3. The van der Waals surface area contributed by atoms with E-state index in [0.717, 1.165) is 50.1 Å². The predicted octanol–water partition coefficient (Wildman–Crippen LogP) is 17.2. The smallest absolute Gasteiger partial charge is 0.143 e. The molecule has 2 nitrogen and oxygen atoms in total. The van der Waals surface area contributed by atoms with E-state index in [9.17, 15) is 0 Å². The van der Waals surface area contributed by atoms with Crippen molar-refractivity contribution in [2.45, 2.75) is 0 Å². The molecule has 2 heterocycles. The number of furan rings is 1. The molecule has 0 aliphatic heterocycles. The first-order chi connectivity index (χ1) is 30.2. The first-order valence-electron chi connectivity index (χ1n) is 20.7. The van der Waals surface area contributed by atoms with Gasteiger partial charge in [-0.25, -0.2) is 0 Å². The molecular formula is C58H37NOS. The minimum atomic E-state index is 0.908. The van der Waals surface area contributed by atoms with Gasteiger partial charge in [-0.2, -0.15) is 0 Å². The summed E-state index contributed by atoms with van der Waals surface area (Å²) in [6, 6.07) is 81.2. The van der Waals surface area contributed by atoms with Gasteiger partial charge >= 0.3 is 0 Å². The number of benzene rings is 10. The molecule has 0 bridgehead atoms. The van der Waals surface area contributed by atoms with E-state index in [1.54, 1.807) is 0 Å². The van der Waals surface area contributed by atoms with E-state index in [1.165, 1.54) is 64.3 Å². The van der Waals surface area contributed by atoms with Crippen LogP contribution in [0.15, 0.2) is 229 Å². The molecule has 0 spiro atoms.